The van der Waals surface area contributed by atoms with E-state index in [1.54, 1.807) is 0 Å². The molecule has 1 saturated carbocycles. The van der Waals surface area contributed by atoms with Crippen molar-refractivity contribution < 1.29 is 9.90 Å². The predicted molar refractivity (Wildman–Crippen MR) is 55.7 cm³/mol. The average molecular weight is 208 g/mol. The molecule has 1 aromatic rings. The van der Waals surface area contributed by atoms with E-state index in [2.05, 4.69) is 11.3 Å². The third kappa shape index (κ3) is 2.58. The summed E-state index contributed by atoms with van der Waals surface area (Å²) in [5.74, 6) is -0.721. The molecule has 2 rings (SSSR count). The van der Waals surface area contributed by atoms with Crippen LogP contribution >= 0.6 is 0 Å². The third-order valence-electron chi connectivity index (χ3n) is 2.96. The molecule has 0 amide bonds. The number of carbonyl (C=O) groups is 1. The Kier molecular flexibility index (Phi) is 3.04. The lowest BCUT2D eigenvalue weighted by Crippen LogP contribution is -2.17. The van der Waals surface area contributed by atoms with Crippen LogP contribution in [0.2, 0.25) is 0 Å². The lowest BCUT2D eigenvalue weighted by atomic mass is 9.93. The van der Waals surface area contributed by atoms with Gasteiger partial charge in [0.05, 0.1) is 12.2 Å². The first-order valence-electron chi connectivity index (χ1n) is 5.50. The van der Waals surface area contributed by atoms with Gasteiger partial charge in [-0.05, 0) is 37.7 Å². The smallest absolute Gasteiger partial charge is 0.303 e. The molecule has 0 aromatic carbocycles. The summed E-state index contributed by atoms with van der Waals surface area (Å²) in [5.41, 5.74) is 1.16. The van der Waals surface area contributed by atoms with Crippen LogP contribution in [-0.2, 0) is 11.2 Å². The average Bonchev–Trinajstić information content (AvgIpc) is 2.49. The van der Waals surface area contributed by atoms with Gasteiger partial charge in [0.15, 0.2) is 0 Å². The van der Waals surface area contributed by atoms with Crippen molar-refractivity contribution in [2.45, 2.75) is 44.6 Å². The second-order valence-corrected chi connectivity index (χ2v) is 4.16. The standard InChI is InChI=1S/C11H16N2O2/c14-11(15)6-1-3-9-7-12-13(8-9)10-4-2-5-10/h7-8,10H,1-6H2,(H,14,15). The Hall–Kier alpha value is -1.32. The molecule has 1 aromatic heterocycles. The van der Waals surface area contributed by atoms with Gasteiger partial charge in [-0.25, -0.2) is 0 Å². The number of rotatable bonds is 5. The lowest BCUT2D eigenvalue weighted by molar-refractivity contribution is -0.137. The summed E-state index contributed by atoms with van der Waals surface area (Å²) in [4.78, 5) is 10.3. The predicted octanol–water partition coefficient (Wildman–Crippen LogP) is 2.02. The van der Waals surface area contributed by atoms with Crippen LogP contribution in [0.3, 0.4) is 0 Å². The van der Waals surface area contributed by atoms with Gasteiger partial charge in [0.1, 0.15) is 0 Å². The van der Waals surface area contributed by atoms with Crippen LogP contribution in [0.4, 0.5) is 0 Å². The van der Waals surface area contributed by atoms with Crippen molar-refractivity contribution >= 4 is 5.97 Å². The van der Waals surface area contributed by atoms with Gasteiger partial charge < -0.3 is 5.11 Å². The van der Waals surface area contributed by atoms with Crippen LogP contribution in [0.1, 0.15) is 43.7 Å². The van der Waals surface area contributed by atoms with Crippen molar-refractivity contribution in [3.8, 4) is 0 Å². The van der Waals surface area contributed by atoms with E-state index in [-0.39, 0.29) is 6.42 Å². The van der Waals surface area contributed by atoms with Gasteiger partial charge in [0, 0.05) is 12.6 Å². The number of carboxylic acid groups (broad SMARTS) is 1. The van der Waals surface area contributed by atoms with Crippen LogP contribution in [0, 0.1) is 0 Å². The first-order valence-corrected chi connectivity index (χ1v) is 5.50. The highest BCUT2D eigenvalue weighted by Crippen LogP contribution is 2.30. The molecule has 4 heteroatoms. The number of carboxylic acids is 1. The summed E-state index contributed by atoms with van der Waals surface area (Å²) < 4.78 is 2.03. The maximum Gasteiger partial charge on any atom is 0.303 e. The fraction of sp³-hybridized carbons (Fsp3) is 0.636. The second-order valence-electron chi connectivity index (χ2n) is 4.16. The Morgan fingerprint density at radius 1 is 1.60 bits per heavy atom. The topological polar surface area (TPSA) is 55.1 Å². The summed E-state index contributed by atoms with van der Waals surface area (Å²) in [6, 6.07) is 0.596. The second kappa shape index (κ2) is 4.47. The fourth-order valence-electron chi connectivity index (χ4n) is 1.80. The van der Waals surface area contributed by atoms with E-state index in [0.29, 0.717) is 12.5 Å². The minimum absolute atomic E-state index is 0.245. The van der Waals surface area contributed by atoms with Crippen molar-refractivity contribution in [2.75, 3.05) is 0 Å². The molecule has 0 unspecified atom stereocenters. The number of aliphatic carboxylic acids is 1. The SMILES string of the molecule is O=C(O)CCCc1cnn(C2CCC2)c1. The molecule has 0 saturated heterocycles. The highest BCUT2D eigenvalue weighted by atomic mass is 16.4. The van der Waals surface area contributed by atoms with Crippen molar-refractivity contribution in [3.05, 3.63) is 18.0 Å². The van der Waals surface area contributed by atoms with Crippen LogP contribution in [0.25, 0.3) is 0 Å². The molecule has 1 aliphatic rings. The van der Waals surface area contributed by atoms with E-state index < -0.39 is 5.97 Å². The maximum absolute atomic E-state index is 10.3. The Labute approximate surface area is 88.9 Å². The van der Waals surface area contributed by atoms with Gasteiger partial charge >= 0.3 is 5.97 Å². The first kappa shape index (κ1) is 10.2. The van der Waals surface area contributed by atoms with E-state index in [1.165, 1.54) is 19.3 Å². The van der Waals surface area contributed by atoms with E-state index in [1.807, 2.05) is 10.9 Å². The minimum atomic E-state index is -0.721. The molecule has 1 fully saturated rings. The molecule has 1 N–H and O–H groups in total. The van der Waals surface area contributed by atoms with E-state index in [4.69, 9.17) is 5.11 Å². The first-order chi connectivity index (χ1) is 7.25. The number of hydrogen-bond acceptors (Lipinski definition) is 2. The zero-order chi connectivity index (χ0) is 10.7. The number of hydrogen-bond donors (Lipinski definition) is 1. The summed E-state index contributed by atoms with van der Waals surface area (Å²) in [6.45, 7) is 0. The minimum Gasteiger partial charge on any atom is -0.481 e. The fourth-order valence-corrected chi connectivity index (χ4v) is 1.80. The normalized spacial score (nSPS) is 16.3. The van der Waals surface area contributed by atoms with Gasteiger partial charge in [0.2, 0.25) is 0 Å². The number of aromatic nitrogens is 2. The molecule has 1 heterocycles. The zero-order valence-corrected chi connectivity index (χ0v) is 8.72. The van der Waals surface area contributed by atoms with Gasteiger partial charge in [-0.1, -0.05) is 0 Å². The molecular weight excluding hydrogens is 192 g/mol. The van der Waals surface area contributed by atoms with Crippen LogP contribution in [0.5, 0.6) is 0 Å². The number of aryl methyl sites for hydroxylation is 1. The van der Waals surface area contributed by atoms with Crippen molar-refractivity contribution in [2.24, 2.45) is 0 Å². The summed E-state index contributed by atoms with van der Waals surface area (Å²) in [7, 11) is 0. The van der Waals surface area contributed by atoms with Gasteiger partial charge in [-0.2, -0.15) is 5.10 Å². The maximum atomic E-state index is 10.3. The van der Waals surface area contributed by atoms with Crippen molar-refractivity contribution in [1.29, 1.82) is 0 Å². The summed E-state index contributed by atoms with van der Waals surface area (Å²) in [5, 5.41) is 12.8. The Morgan fingerprint density at radius 2 is 2.40 bits per heavy atom. The summed E-state index contributed by atoms with van der Waals surface area (Å²) in [6.07, 6.45) is 9.45. The molecule has 4 nitrogen and oxygen atoms in total. The van der Waals surface area contributed by atoms with E-state index >= 15 is 0 Å². The highest BCUT2D eigenvalue weighted by molar-refractivity contribution is 5.66. The van der Waals surface area contributed by atoms with Crippen LogP contribution in [-0.4, -0.2) is 20.9 Å². The molecule has 82 valence electrons. The van der Waals surface area contributed by atoms with Crippen molar-refractivity contribution in [3.63, 3.8) is 0 Å². The van der Waals surface area contributed by atoms with Crippen LogP contribution < -0.4 is 0 Å². The summed E-state index contributed by atoms with van der Waals surface area (Å²) >= 11 is 0. The van der Waals surface area contributed by atoms with Gasteiger partial charge in [-0.3, -0.25) is 9.48 Å². The third-order valence-corrected chi connectivity index (χ3v) is 2.96. The van der Waals surface area contributed by atoms with Crippen molar-refractivity contribution in [1.82, 2.24) is 9.78 Å². The quantitative estimate of drug-likeness (QED) is 0.805. The zero-order valence-electron chi connectivity index (χ0n) is 8.72. The molecular formula is C11H16N2O2. The molecule has 0 radical (unpaired) electrons. The Balaban J connectivity index is 1.81. The highest BCUT2D eigenvalue weighted by Gasteiger charge is 2.19. The Morgan fingerprint density at radius 3 is 3.00 bits per heavy atom. The Bertz CT molecular complexity index is 342. The molecule has 0 atom stereocenters. The molecule has 0 aliphatic heterocycles. The lowest BCUT2D eigenvalue weighted by Gasteiger charge is -2.25. The number of nitrogens with zero attached hydrogens (tertiary/aromatic N) is 2. The van der Waals surface area contributed by atoms with E-state index in [0.717, 1.165) is 12.0 Å². The molecule has 15 heavy (non-hydrogen) atoms. The van der Waals surface area contributed by atoms with Gasteiger partial charge in [-0.15, -0.1) is 0 Å². The van der Waals surface area contributed by atoms with Gasteiger partial charge in [0.25, 0.3) is 0 Å². The monoisotopic (exact) mass is 208 g/mol. The molecule has 0 spiro atoms. The van der Waals surface area contributed by atoms with E-state index in [9.17, 15) is 4.79 Å². The van der Waals surface area contributed by atoms with Crippen LogP contribution in [0.15, 0.2) is 12.4 Å². The molecule has 0 bridgehead atoms. The largest absolute Gasteiger partial charge is 0.481 e. The molecule has 1 aliphatic carbocycles.